The number of aliphatic carboxylic acids is 1. The molecule has 0 unspecified atom stereocenters. The lowest BCUT2D eigenvalue weighted by Crippen LogP contribution is -2.38. The van der Waals surface area contributed by atoms with Crippen LogP contribution in [0.2, 0.25) is 0 Å². The van der Waals surface area contributed by atoms with Crippen molar-refractivity contribution in [1.82, 2.24) is 0 Å². The number of hydrogen-bond acceptors (Lipinski definition) is 5. The number of carbonyl (C=O) groups is 2. The summed E-state index contributed by atoms with van der Waals surface area (Å²) in [6, 6.07) is 10.3. The Bertz CT molecular complexity index is 955. The number of carboxylic acids is 1. The van der Waals surface area contributed by atoms with Gasteiger partial charge in [0.1, 0.15) is 17.2 Å². The molecule has 0 spiro atoms. The Morgan fingerprint density at radius 3 is 2.56 bits per heavy atom. The lowest BCUT2D eigenvalue weighted by molar-refractivity contribution is -0.152. The molecule has 0 amide bonds. The number of carboxylic acid groups (broad SMARTS) is 1. The second-order valence-corrected chi connectivity index (χ2v) is 6.74. The molecule has 2 aromatic rings. The number of methoxy groups -OCH3 is 1. The molecule has 0 atom stereocenters. The topological polar surface area (TPSA) is 82.1 Å². The van der Waals surface area contributed by atoms with Crippen LogP contribution in [-0.2, 0) is 4.79 Å². The number of Topliss-reactive ketones (excluding diaryl/α,β-unsaturated/α-hetero) is 1. The Morgan fingerprint density at radius 2 is 1.93 bits per heavy atom. The molecule has 1 aliphatic rings. The van der Waals surface area contributed by atoms with Gasteiger partial charge < -0.3 is 19.3 Å². The smallest absolute Gasteiger partial charge is 0.347 e. The Kier molecular flexibility index (Phi) is 4.66. The number of benzene rings is 2. The normalized spacial score (nSPS) is 14.7. The maximum atomic E-state index is 12.5. The van der Waals surface area contributed by atoms with Gasteiger partial charge in [0, 0.05) is 6.07 Å². The fraction of sp³-hybridized carbons (Fsp3) is 0.238. The first-order chi connectivity index (χ1) is 12.7. The molecule has 0 aromatic heterocycles. The summed E-state index contributed by atoms with van der Waals surface area (Å²) in [4.78, 5) is 23.7. The number of allylic oxidation sites excluding steroid dienone is 1. The average Bonchev–Trinajstić information content (AvgIpc) is 2.92. The van der Waals surface area contributed by atoms with Gasteiger partial charge in [-0.2, -0.15) is 0 Å². The zero-order valence-electron chi connectivity index (χ0n) is 15.5. The molecular weight excluding hydrogens is 348 g/mol. The number of carbonyl (C=O) groups excluding carboxylic acids is 1. The van der Waals surface area contributed by atoms with Crippen LogP contribution in [0.25, 0.3) is 6.08 Å². The Hall–Kier alpha value is -3.28. The van der Waals surface area contributed by atoms with Crippen LogP contribution in [0.5, 0.6) is 17.2 Å². The van der Waals surface area contributed by atoms with Crippen molar-refractivity contribution >= 4 is 17.8 Å². The van der Waals surface area contributed by atoms with Crippen LogP contribution in [-0.4, -0.2) is 29.6 Å². The Balaban J connectivity index is 1.85. The summed E-state index contributed by atoms with van der Waals surface area (Å²) in [5.74, 6) is 0.518. The monoisotopic (exact) mass is 368 g/mol. The van der Waals surface area contributed by atoms with Crippen molar-refractivity contribution in [1.29, 1.82) is 0 Å². The van der Waals surface area contributed by atoms with Crippen LogP contribution in [0.4, 0.5) is 0 Å². The van der Waals surface area contributed by atoms with Gasteiger partial charge in [-0.3, -0.25) is 4.79 Å². The minimum absolute atomic E-state index is 0.197. The summed E-state index contributed by atoms with van der Waals surface area (Å²) in [5.41, 5.74) is 0.650. The van der Waals surface area contributed by atoms with Crippen molar-refractivity contribution in [3.8, 4) is 17.2 Å². The minimum Gasteiger partial charge on any atom is -0.497 e. The van der Waals surface area contributed by atoms with Crippen LogP contribution < -0.4 is 14.2 Å². The number of ether oxygens (including phenoxy) is 3. The summed E-state index contributed by atoms with van der Waals surface area (Å²) in [6.45, 7) is 4.79. The van der Waals surface area contributed by atoms with Crippen LogP contribution in [0, 0.1) is 6.92 Å². The van der Waals surface area contributed by atoms with Crippen molar-refractivity contribution in [2.75, 3.05) is 7.11 Å². The van der Waals surface area contributed by atoms with E-state index in [1.54, 1.807) is 49.6 Å². The van der Waals surface area contributed by atoms with E-state index in [9.17, 15) is 14.7 Å². The molecule has 1 N–H and O–H groups in total. The molecular formula is C21H20O6. The zero-order valence-corrected chi connectivity index (χ0v) is 15.5. The largest absolute Gasteiger partial charge is 0.497 e. The van der Waals surface area contributed by atoms with E-state index < -0.39 is 11.6 Å². The summed E-state index contributed by atoms with van der Waals surface area (Å²) < 4.78 is 16.4. The van der Waals surface area contributed by atoms with Crippen molar-refractivity contribution in [3.05, 3.63) is 58.8 Å². The van der Waals surface area contributed by atoms with Gasteiger partial charge in [-0.1, -0.05) is 6.07 Å². The highest BCUT2D eigenvalue weighted by atomic mass is 16.5. The van der Waals surface area contributed by atoms with Crippen LogP contribution in [0.1, 0.15) is 35.3 Å². The highest BCUT2D eigenvalue weighted by molar-refractivity contribution is 6.14. The maximum absolute atomic E-state index is 12.5. The molecule has 3 rings (SSSR count). The molecule has 2 aromatic carbocycles. The predicted octanol–water partition coefficient (Wildman–Crippen LogP) is 3.86. The quantitative estimate of drug-likeness (QED) is 0.807. The summed E-state index contributed by atoms with van der Waals surface area (Å²) in [7, 11) is 1.55. The molecule has 27 heavy (non-hydrogen) atoms. The fourth-order valence-corrected chi connectivity index (χ4v) is 2.64. The van der Waals surface area contributed by atoms with Crippen molar-refractivity contribution < 1.29 is 28.9 Å². The van der Waals surface area contributed by atoms with E-state index in [0.29, 0.717) is 22.8 Å². The predicted molar refractivity (Wildman–Crippen MR) is 99.5 cm³/mol. The number of aryl methyl sites for hydroxylation is 1. The van der Waals surface area contributed by atoms with Gasteiger partial charge in [0.05, 0.1) is 12.7 Å². The molecule has 1 heterocycles. The van der Waals surface area contributed by atoms with E-state index in [4.69, 9.17) is 14.2 Å². The highest BCUT2D eigenvalue weighted by Gasteiger charge is 2.30. The van der Waals surface area contributed by atoms with Crippen LogP contribution >= 0.6 is 0 Å². The first-order valence-electron chi connectivity index (χ1n) is 8.36. The minimum atomic E-state index is -1.34. The first-order valence-corrected chi connectivity index (χ1v) is 8.36. The molecule has 0 aliphatic carbocycles. The molecule has 140 valence electrons. The van der Waals surface area contributed by atoms with Crippen molar-refractivity contribution in [3.63, 3.8) is 0 Å². The first kappa shape index (κ1) is 18.5. The summed E-state index contributed by atoms with van der Waals surface area (Å²) >= 11 is 0. The summed E-state index contributed by atoms with van der Waals surface area (Å²) in [6.07, 6.45) is 1.65. The third-order valence-corrected chi connectivity index (χ3v) is 4.25. The third kappa shape index (κ3) is 3.65. The lowest BCUT2D eigenvalue weighted by Gasteiger charge is -2.22. The maximum Gasteiger partial charge on any atom is 0.347 e. The molecule has 0 bridgehead atoms. The average molecular weight is 368 g/mol. The van der Waals surface area contributed by atoms with Gasteiger partial charge in [0.25, 0.3) is 0 Å². The number of hydrogen-bond donors (Lipinski definition) is 1. The van der Waals surface area contributed by atoms with Crippen molar-refractivity contribution in [2.24, 2.45) is 0 Å². The van der Waals surface area contributed by atoms with E-state index in [2.05, 4.69) is 0 Å². The zero-order chi connectivity index (χ0) is 19.8. The fourth-order valence-electron chi connectivity index (χ4n) is 2.64. The van der Waals surface area contributed by atoms with Gasteiger partial charge in [-0.15, -0.1) is 0 Å². The van der Waals surface area contributed by atoms with Gasteiger partial charge in [-0.05, 0) is 62.2 Å². The number of ketones is 1. The Labute approximate surface area is 157 Å². The lowest BCUT2D eigenvalue weighted by atomic mass is 10.1. The van der Waals surface area contributed by atoms with Gasteiger partial charge in [0.15, 0.2) is 11.4 Å². The molecule has 0 saturated heterocycles. The second-order valence-electron chi connectivity index (χ2n) is 6.74. The second kappa shape index (κ2) is 6.79. The van der Waals surface area contributed by atoms with E-state index in [1.165, 1.54) is 13.8 Å². The molecule has 0 fully saturated rings. The highest BCUT2D eigenvalue weighted by Crippen LogP contribution is 2.35. The van der Waals surface area contributed by atoms with E-state index in [-0.39, 0.29) is 11.5 Å². The third-order valence-electron chi connectivity index (χ3n) is 4.25. The molecule has 0 radical (unpaired) electrons. The number of fused-ring (bicyclic) bond motifs is 1. The standard InChI is InChI=1S/C21H20O6/c1-12-9-13(5-8-16(12)27-21(2,3)20(23)24)10-18-19(22)15-7-6-14(25-4)11-17(15)26-18/h5-11H,1-4H3,(H,23,24)/b18-10-. The Morgan fingerprint density at radius 1 is 1.19 bits per heavy atom. The van der Waals surface area contributed by atoms with Gasteiger partial charge >= 0.3 is 5.97 Å². The van der Waals surface area contributed by atoms with Gasteiger partial charge in [-0.25, -0.2) is 4.79 Å². The van der Waals surface area contributed by atoms with Crippen LogP contribution in [0.3, 0.4) is 0 Å². The molecule has 0 saturated carbocycles. The molecule has 6 nitrogen and oxygen atoms in total. The van der Waals surface area contributed by atoms with Gasteiger partial charge in [0.2, 0.25) is 5.78 Å². The van der Waals surface area contributed by atoms with Crippen LogP contribution in [0.15, 0.2) is 42.2 Å². The SMILES string of the molecule is COc1ccc2c(c1)O/C(=C\c1ccc(OC(C)(C)C(=O)O)c(C)c1)C2=O. The van der Waals surface area contributed by atoms with E-state index in [1.807, 2.05) is 6.92 Å². The summed E-state index contributed by atoms with van der Waals surface area (Å²) in [5, 5.41) is 9.19. The molecule has 1 aliphatic heterocycles. The van der Waals surface area contributed by atoms with E-state index >= 15 is 0 Å². The molecule has 6 heteroatoms. The van der Waals surface area contributed by atoms with Crippen molar-refractivity contribution in [2.45, 2.75) is 26.4 Å². The van der Waals surface area contributed by atoms with E-state index in [0.717, 1.165) is 11.1 Å². The number of rotatable bonds is 5.